The maximum atomic E-state index is 8.85. The van der Waals surface area contributed by atoms with Crippen LogP contribution in [-0.2, 0) is 7.05 Å². The molecule has 0 saturated carbocycles. The first-order valence-corrected chi connectivity index (χ1v) is 5.88. The molecule has 0 aliphatic rings. The smallest absolute Gasteiger partial charge is 0.0837 e. The van der Waals surface area contributed by atoms with E-state index in [0.717, 1.165) is 11.1 Å². The molecule has 1 N–H and O–H groups in total. The minimum Gasteiger partial charge on any atom is -0.411 e. The Bertz CT molecular complexity index is 769. The van der Waals surface area contributed by atoms with Gasteiger partial charge in [-0.3, -0.25) is 0 Å². The van der Waals surface area contributed by atoms with Gasteiger partial charge in [0, 0.05) is 34.4 Å². The predicted octanol–water partition coefficient (Wildman–Crippen LogP) is 3.53. The Balaban J connectivity index is 2.42. The minimum absolute atomic E-state index is 0.627. The second kappa shape index (κ2) is 3.88. The van der Waals surface area contributed by atoms with Crippen LogP contribution in [0, 0.1) is 0 Å². The Morgan fingerprint density at radius 3 is 2.56 bits per heavy atom. The van der Waals surface area contributed by atoms with Crippen LogP contribution in [0.15, 0.2) is 47.6 Å². The van der Waals surface area contributed by atoms with Gasteiger partial charge >= 0.3 is 0 Å². The molecule has 18 heavy (non-hydrogen) atoms. The summed E-state index contributed by atoms with van der Waals surface area (Å²) in [6, 6.07) is 14.5. The van der Waals surface area contributed by atoms with E-state index >= 15 is 0 Å². The molecule has 0 amide bonds. The van der Waals surface area contributed by atoms with Crippen molar-refractivity contribution in [2.75, 3.05) is 0 Å². The summed E-state index contributed by atoms with van der Waals surface area (Å²) in [5, 5.41) is 14.6. The lowest BCUT2D eigenvalue weighted by molar-refractivity contribution is 0.319. The Morgan fingerprint density at radius 2 is 1.78 bits per heavy atom. The standard InChI is InChI=1S/C15H14N2O/c1-10(16-18)11-7-8-13-12-5-3-4-6-14(12)17(2)15(13)9-11/h3-9,18H,1-2H3/b16-10-. The van der Waals surface area contributed by atoms with Gasteiger partial charge < -0.3 is 9.77 Å². The van der Waals surface area contributed by atoms with E-state index in [1.165, 1.54) is 16.3 Å². The molecule has 3 heteroatoms. The average Bonchev–Trinajstić information content (AvgIpc) is 2.72. The van der Waals surface area contributed by atoms with Gasteiger partial charge in [-0.1, -0.05) is 35.5 Å². The van der Waals surface area contributed by atoms with Crippen LogP contribution in [0.5, 0.6) is 0 Å². The van der Waals surface area contributed by atoms with Crippen molar-refractivity contribution < 1.29 is 5.21 Å². The number of hydrogen-bond donors (Lipinski definition) is 1. The third-order valence-corrected chi connectivity index (χ3v) is 3.48. The molecule has 2 aromatic carbocycles. The molecule has 1 heterocycles. The number of para-hydroxylation sites is 1. The summed E-state index contributed by atoms with van der Waals surface area (Å²) in [5.74, 6) is 0. The molecular weight excluding hydrogens is 224 g/mol. The van der Waals surface area contributed by atoms with Crippen molar-refractivity contribution in [3.63, 3.8) is 0 Å². The van der Waals surface area contributed by atoms with Crippen LogP contribution in [0.2, 0.25) is 0 Å². The summed E-state index contributed by atoms with van der Waals surface area (Å²) in [5.41, 5.74) is 3.93. The maximum Gasteiger partial charge on any atom is 0.0837 e. The van der Waals surface area contributed by atoms with E-state index in [4.69, 9.17) is 5.21 Å². The van der Waals surface area contributed by atoms with Crippen LogP contribution < -0.4 is 0 Å². The fourth-order valence-corrected chi connectivity index (χ4v) is 2.44. The zero-order valence-electron chi connectivity index (χ0n) is 10.4. The number of aryl methyl sites for hydroxylation is 1. The summed E-state index contributed by atoms with van der Waals surface area (Å²) in [6.45, 7) is 1.80. The zero-order chi connectivity index (χ0) is 12.7. The average molecular weight is 238 g/mol. The number of fused-ring (bicyclic) bond motifs is 3. The van der Waals surface area contributed by atoms with Gasteiger partial charge in [-0.25, -0.2) is 0 Å². The fraction of sp³-hybridized carbons (Fsp3) is 0.133. The molecule has 0 unspecified atom stereocenters. The van der Waals surface area contributed by atoms with Gasteiger partial charge in [-0.05, 0) is 19.1 Å². The van der Waals surface area contributed by atoms with E-state index in [-0.39, 0.29) is 0 Å². The molecular formula is C15H14N2O. The van der Waals surface area contributed by atoms with Crippen LogP contribution in [-0.4, -0.2) is 15.5 Å². The first-order valence-electron chi connectivity index (χ1n) is 5.88. The fourth-order valence-electron chi connectivity index (χ4n) is 2.44. The second-order valence-corrected chi connectivity index (χ2v) is 4.49. The molecule has 0 aliphatic carbocycles. The first-order chi connectivity index (χ1) is 8.72. The second-order valence-electron chi connectivity index (χ2n) is 4.49. The lowest BCUT2D eigenvalue weighted by Crippen LogP contribution is -1.95. The molecule has 3 aromatic rings. The van der Waals surface area contributed by atoms with Crippen molar-refractivity contribution in [2.24, 2.45) is 12.2 Å². The van der Waals surface area contributed by atoms with Gasteiger partial charge in [0.15, 0.2) is 0 Å². The van der Waals surface area contributed by atoms with Gasteiger partial charge in [0.25, 0.3) is 0 Å². The third-order valence-electron chi connectivity index (χ3n) is 3.48. The van der Waals surface area contributed by atoms with E-state index in [1.54, 1.807) is 6.92 Å². The van der Waals surface area contributed by atoms with Gasteiger partial charge in [0.05, 0.1) is 5.71 Å². The Hall–Kier alpha value is -2.29. The Labute approximate surface area is 105 Å². The van der Waals surface area contributed by atoms with Crippen molar-refractivity contribution in [2.45, 2.75) is 6.92 Å². The summed E-state index contributed by atoms with van der Waals surface area (Å²) >= 11 is 0. The monoisotopic (exact) mass is 238 g/mol. The summed E-state index contributed by atoms with van der Waals surface area (Å²) in [4.78, 5) is 0. The molecule has 0 radical (unpaired) electrons. The molecule has 0 bridgehead atoms. The minimum atomic E-state index is 0.627. The molecule has 0 aliphatic heterocycles. The van der Waals surface area contributed by atoms with Gasteiger partial charge in [0.2, 0.25) is 0 Å². The van der Waals surface area contributed by atoms with E-state index in [2.05, 4.69) is 47.1 Å². The molecule has 0 spiro atoms. The predicted molar refractivity (Wildman–Crippen MR) is 74.4 cm³/mol. The molecule has 0 saturated heterocycles. The van der Waals surface area contributed by atoms with Crippen molar-refractivity contribution >= 4 is 27.5 Å². The van der Waals surface area contributed by atoms with Crippen molar-refractivity contribution in [3.8, 4) is 0 Å². The Kier molecular flexibility index (Phi) is 2.33. The molecule has 90 valence electrons. The SMILES string of the molecule is C/C(=N/O)c1ccc2c3ccccc3n(C)c2c1. The van der Waals surface area contributed by atoms with Crippen molar-refractivity contribution in [1.29, 1.82) is 0 Å². The zero-order valence-corrected chi connectivity index (χ0v) is 10.4. The highest BCUT2D eigenvalue weighted by Gasteiger charge is 2.08. The molecule has 3 nitrogen and oxygen atoms in total. The van der Waals surface area contributed by atoms with E-state index in [0.29, 0.717) is 5.71 Å². The van der Waals surface area contributed by atoms with Crippen LogP contribution in [0.4, 0.5) is 0 Å². The topological polar surface area (TPSA) is 37.5 Å². The number of hydrogen-bond acceptors (Lipinski definition) is 2. The highest BCUT2D eigenvalue weighted by molar-refractivity contribution is 6.10. The van der Waals surface area contributed by atoms with Crippen LogP contribution >= 0.6 is 0 Å². The number of nitrogens with zero attached hydrogens (tertiary/aromatic N) is 2. The number of benzene rings is 2. The van der Waals surface area contributed by atoms with Crippen LogP contribution in [0.25, 0.3) is 21.8 Å². The maximum absolute atomic E-state index is 8.85. The van der Waals surface area contributed by atoms with E-state index in [1.807, 2.05) is 12.1 Å². The van der Waals surface area contributed by atoms with Gasteiger partial charge in [0.1, 0.15) is 0 Å². The van der Waals surface area contributed by atoms with Gasteiger partial charge in [-0.15, -0.1) is 0 Å². The molecule has 1 aromatic heterocycles. The number of aromatic nitrogens is 1. The number of rotatable bonds is 1. The van der Waals surface area contributed by atoms with E-state index < -0.39 is 0 Å². The first kappa shape index (κ1) is 10.8. The molecule has 3 rings (SSSR count). The van der Waals surface area contributed by atoms with Crippen molar-refractivity contribution in [1.82, 2.24) is 4.57 Å². The normalized spacial score (nSPS) is 12.4. The highest BCUT2D eigenvalue weighted by Crippen LogP contribution is 2.28. The summed E-state index contributed by atoms with van der Waals surface area (Å²) in [7, 11) is 2.06. The van der Waals surface area contributed by atoms with Gasteiger partial charge in [-0.2, -0.15) is 0 Å². The van der Waals surface area contributed by atoms with Crippen LogP contribution in [0.3, 0.4) is 0 Å². The molecule has 0 atom stereocenters. The third kappa shape index (κ3) is 1.40. The Morgan fingerprint density at radius 1 is 1.06 bits per heavy atom. The highest BCUT2D eigenvalue weighted by atomic mass is 16.4. The van der Waals surface area contributed by atoms with E-state index in [9.17, 15) is 0 Å². The quantitative estimate of drug-likeness (QED) is 0.393. The lowest BCUT2D eigenvalue weighted by atomic mass is 10.1. The lowest BCUT2D eigenvalue weighted by Gasteiger charge is -2.01. The number of oxime groups is 1. The largest absolute Gasteiger partial charge is 0.411 e. The van der Waals surface area contributed by atoms with Crippen molar-refractivity contribution in [3.05, 3.63) is 48.0 Å². The van der Waals surface area contributed by atoms with Crippen LogP contribution in [0.1, 0.15) is 12.5 Å². The molecule has 0 fully saturated rings. The summed E-state index contributed by atoms with van der Waals surface area (Å²) < 4.78 is 2.17. The summed E-state index contributed by atoms with van der Waals surface area (Å²) in [6.07, 6.45) is 0.